The topological polar surface area (TPSA) is 99.6 Å². The molecule has 0 aliphatic rings. The SMILES string of the molecule is Cc1ccc(COc2ccccc2/C=N\Nc2nc(C)c(CCO)c(=O)[nH]2)cc1. The number of hydrogen-bond donors (Lipinski definition) is 3. The van der Waals surface area contributed by atoms with Gasteiger partial charge in [0.2, 0.25) is 5.95 Å². The van der Waals surface area contributed by atoms with Gasteiger partial charge < -0.3 is 9.84 Å². The molecular formula is C22H24N4O3. The molecule has 3 N–H and O–H groups in total. The number of aliphatic hydroxyl groups excluding tert-OH is 1. The molecule has 1 heterocycles. The highest BCUT2D eigenvalue weighted by Gasteiger charge is 2.07. The van der Waals surface area contributed by atoms with Gasteiger partial charge in [0.1, 0.15) is 12.4 Å². The fraction of sp³-hybridized carbons (Fsp3) is 0.227. The van der Waals surface area contributed by atoms with E-state index in [1.54, 1.807) is 13.1 Å². The minimum Gasteiger partial charge on any atom is -0.488 e. The second-order valence-corrected chi connectivity index (χ2v) is 6.63. The standard InChI is InChI=1S/C22H24N4O3/c1-15-7-9-17(10-8-15)14-29-20-6-4-3-5-18(20)13-23-26-22-24-16(2)19(11-12-27)21(28)25-22/h3-10,13,27H,11-12,14H2,1-2H3,(H2,24,25,26,28)/b23-13-. The van der Waals surface area contributed by atoms with E-state index in [2.05, 4.69) is 32.6 Å². The normalized spacial score (nSPS) is 11.0. The summed E-state index contributed by atoms with van der Waals surface area (Å²) in [7, 11) is 0. The molecule has 3 aromatic rings. The van der Waals surface area contributed by atoms with Crippen LogP contribution in [0.5, 0.6) is 5.75 Å². The zero-order valence-electron chi connectivity index (χ0n) is 16.5. The zero-order chi connectivity index (χ0) is 20.6. The van der Waals surface area contributed by atoms with Crippen molar-refractivity contribution in [2.75, 3.05) is 12.0 Å². The lowest BCUT2D eigenvalue weighted by Gasteiger charge is -2.09. The molecule has 29 heavy (non-hydrogen) atoms. The summed E-state index contributed by atoms with van der Waals surface area (Å²) in [6, 6.07) is 15.8. The van der Waals surface area contributed by atoms with Gasteiger partial charge in [0.25, 0.3) is 5.56 Å². The van der Waals surface area contributed by atoms with Gasteiger partial charge in [-0.05, 0) is 31.5 Å². The Balaban J connectivity index is 1.68. The van der Waals surface area contributed by atoms with E-state index in [4.69, 9.17) is 9.84 Å². The van der Waals surface area contributed by atoms with E-state index < -0.39 is 0 Å². The van der Waals surface area contributed by atoms with E-state index >= 15 is 0 Å². The molecule has 3 rings (SSSR count). The Bertz CT molecular complexity index is 1040. The molecule has 2 aromatic carbocycles. The molecule has 7 heteroatoms. The number of benzene rings is 2. The Morgan fingerprint density at radius 3 is 2.66 bits per heavy atom. The van der Waals surface area contributed by atoms with E-state index in [-0.39, 0.29) is 24.5 Å². The van der Waals surface area contributed by atoms with Crippen molar-refractivity contribution in [2.45, 2.75) is 26.9 Å². The van der Waals surface area contributed by atoms with Crippen LogP contribution in [0.2, 0.25) is 0 Å². The third-order valence-corrected chi connectivity index (χ3v) is 4.39. The molecule has 150 valence electrons. The van der Waals surface area contributed by atoms with Crippen LogP contribution in [0.3, 0.4) is 0 Å². The van der Waals surface area contributed by atoms with E-state index in [9.17, 15) is 4.79 Å². The molecule has 0 radical (unpaired) electrons. The summed E-state index contributed by atoms with van der Waals surface area (Å²) in [4.78, 5) is 18.9. The van der Waals surface area contributed by atoms with Crippen LogP contribution >= 0.6 is 0 Å². The summed E-state index contributed by atoms with van der Waals surface area (Å²) in [5, 5.41) is 13.2. The Kier molecular flexibility index (Phi) is 6.76. The molecule has 1 aromatic heterocycles. The number of hydrogen-bond acceptors (Lipinski definition) is 6. The average Bonchev–Trinajstić information content (AvgIpc) is 2.71. The number of aliphatic hydroxyl groups is 1. The van der Waals surface area contributed by atoms with Crippen LogP contribution in [0.15, 0.2) is 58.4 Å². The van der Waals surface area contributed by atoms with Gasteiger partial charge in [0.15, 0.2) is 0 Å². The van der Waals surface area contributed by atoms with Crippen LogP contribution in [-0.2, 0) is 13.0 Å². The first-order valence-electron chi connectivity index (χ1n) is 9.34. The minimum atomic E-state index is -0.286. The van der Waals surface area contributed by atoms with Crippen LogP contribution in [0, 0.1) is 13.8 Å². The van der Waals surface area contributed by atoms with Crippen molar-refractivity contribution in [2.24, 2.45) is 5.10 Å². The molecule has 0 aliphatic carbocycles. The van der Waals surface area contributed by atoms with Crippen molar-refractivity contribution >= 4 is 12.2 Å². The number of aromatic nitrogens is 2. The first-order valence-corrected chi connectivity index (χ1v) is 9.34. The van der Waals surface area contributed by atoms with E-state index in [1.165, 1.54) is 5.56 Å². The second-order valence-electron chi connectivity index (χ2n) is 6.63. The number of hydrazone groups is 1. The van der Waals surface area contributed by atoms with Gasteiger partial charge in [-0.3, -0.25) is 9.78 Å². The first kappa shape index (κ1) is 20.3. The molecule has 0 saturated carbocycles. The summed E-state index contributed by atoms with van der Waals surface area (Å²) in [6.07, 6.45) is 1.88. The third kappa shape index (κ3) is 5.52. The van der Waals surface area contributed by atoms with Crippen molar-refractivity contribution in [3.63, 3.8) is 0 Å². The van der Waals surface area contributed by atoms with Gasteiger partial charge in [-0.15, -0.1) is 0 Å². The average molecular weight is 392 g/mol. The molecule has 0 saturated heterocycles. The van der Waals surface area contributed by atoms with Gasteiger partial charge in [-0.25, -0.2) is 10.4 Å². The Morgan fingerprint density at radius 2 is 1.93 bits per heavy atom. The van der Waals surface area contributed by atoms with Crippen molar-refractivity contribution in [1.29, 1.82) is 0 Å². The van der Waals surface area contributed by atoms with Crippen LogP contribution in [0.25, 0.3) is 0 Å². The Hall–Kier alpha value is -3.45. The summed E-state index contributed by atoms with van der Waals surface area (Å²) in [6.45, 7) is 4.13. The van der Waals surface area contributed by atoms with Gasteiger partial charge in [-0.2, -0.15) is 5.10 Å². The molecular weight excluding hydrogens is 368 g/mol. The smallest absolute Gasteiger partial charge is 0.255 e. The predicted octanol–water partition coefficient (Wildman–Crippen LogP) is 2.95. The maximum absolute atomic E-state index is 12.1. The first-order chi connectivity index (χ1) is 14.1. The lowest BCUT2D eigenvalue weighted by molar-refractivity contribution is 0.298. The van der Waals surface area contributed by atoms with Crippen molar-refractivity contribution < 1.29 is 9.84 Å². The number of aryl methyl sites for hydroxylation is 2. The molecule has 0 atom stereocenters. The number of aromatic amines is 1. The van der Waals surface area contributed by atoms with Crippen LogP contribution < -0.4 is 15.7 Å². The molecule has 7 nitrogen and oxygen atoms in total. The molecule has 0 fully saturated rings. The van der Waals surface area contributed by atoms with E-state index in [1.807, 2.05) is 43.3 Å². The number of nitrogens with one attached hydrogen (secondary N) is 2. The second kappa shape index (κ2) is 9.66. The van der Waals surface area contributed by atoms with Crippen LogP contribution in [0.1, 0.15) is 27.9 Å². The van der Waals surface area contributed by atoms with Gasteiger partial charge in [0, 0.05) is 24.2 Å². The fourth-order valence-electron chi connectivity index (χ4n) is 2.80. The number of nitrogens with zero attached hydrogens (tertiary/aromatic N) is 2. The van der Waals surface area contributed by atoms with Crippen molar-refractivity contribution in [3.05, 3.63) is 86.8 Å². The summed E-state index contributed by atoms with van der Waals surface area (Å²) in [5.74, 6) is 0.943. The number of ether oxygens (including phenoxy) is 1. The molecule has 0 aliphatic heterocycles. The van der Waals surface area contributed by atoms with Gasteiger partial charge in [-0.1, -0.05) is 42.0 Å². The van der Waals surface area contributed by atoms with Crippen molar-refractivity contribution in [3.8, 4) is 5.75 Å². The highest BCUT2D eigenvalue weighted by molar-refractivity contribution is 5.83. The third-order valence-electron chi connectivity index (χ3n) is 4.39. The summed E-state index contributed by atoms with van der Waals surface area (Å²) in [5.41, 5.74) is 6.56. The monoisotopic (exact) mass is 392 g/mol. The fourth-order valence-corrected chi connectivity index (χ4v) is 2.80. The molecule has 0 unspecified atom stereocenters. The molecule has 0 amide bonds. The Morgan fingerprint density at radius 1 is 1.17 bits per heavy atom. The maximum Gasteiger partial charge on any atom is 0.255 e. The molecule has 0 spiro atoms. The zero-order valence-corrected chi connectivity index (χ0v) is 16.5. The number of H-pyrrole nitrogens is 1. The lowest BCUT2D eigenvalue weighted by Crippen LogP contribution is -2.19. The number of rotatable bonds is 8. The van der Waals surface area contributed by atoms with Crippen LogP contribution in [-0.4, -0.2) is 27.9 Å². The minimum absolute atomic E-state index is 0.101. The van der Waals surface area contributed by atoms with E-state index in [0.717, 1.165) is 11.1 Å². The molecule has 0 bridgehead atoms. The van der Waals surface area contributed by atoms with Gasteiger partial charge >= 0.3 is 0 Å². The predicted molar refractivity (Wildman–Crippen MR) is 114 cm³/mol. The number of para-hydroxylation sites is 1. The quantitative estimate of drug-likeness (QED) is 0.404. The highest BCUT2D eigenvalue weighted by Crippen LogP contribution is 2.18. The van der Waals surface area contributed by atoms with Crippen molar-refractivity contribution in [1.82, 2.24) is 9.97 Å². The van der Waals surface area contributed by atoms with E-state index in [0.29, 0.717) is 23.6 Å². The largest absolute Gasteiger partial charge is 0.488 e. The highest BCUT2D eigenvalue weighted by atomic mass is 16.5. The maximum atomic E-state index is 12.1. The van der Waals surface area contributed by atoms with Gasteiger partial charge in [0.05, 0.1) is 11.9 Å². The number of anilines is 1. The summed E-state index contributed by atoms with van der Waals surface area (Å²) >= 11 is 0. The Labute approximate surface area is 169 Å². The lowest BCUT2D eigenvalue weighted by atomic mass is 10.1. The van der Waals surface area contributed by atoms with Crippen LogP contribution in [0.4, 0.5) is 5.95 Å². The summed E-state index contributed by atoms with van der Waals surface area (Å²) < 4.78 is 5.93.